The van der Waals surface area contributed by atoms with Crippen molar-refractivity contribution in [3.05, 3.63) is 42.5 Å². The van der Waals surface area contributed by atoms with Crippen LogP contribution in [-0.2, 0) is 11.2 Å². The molecule has 1 fully saturated rings. The van der Waals surface area contributed by atoms with E-state index in [0.29, 0.717) is 12.1 Å². The van der Waals surface area contributed by atoms with Crippen LogP contribution in [0.2, 0.25) is 0 Å². The second-order valence-electron chi connectivity index (χ2n) is 9.09. The number of hydrogen-bond donors (Lipinski definition) is 0. The molecule has 1 aliphatic rings. The van der Waals surface area contributed by atoms with Crippen LogP contribution in [0.3, 0.4) is 0 Å². The van der Waals surface area contributed by atoms with E-state index in [1.54, 1.807) is 0 Å². The average molecular weight is 379 g/mol. The molecular formula is C23H30N4O. The first-order chi connectivity index (χ1) is 13.4. The fraction of sp³-hybridized carbons (Fsp3) is 0.522. The molecule has 0 radical (unpaired) electrons. The molecule has 148 valence electrons. The maximum atomic E-state index is 5.71. The van der Waals surface area contributed by atoms with Crippen molar-refractivity contribution < 1.29 is 4.74 Å². The van der Waals surface area contributed by atoms with Gasteiger partial charge in [-0.25, -0.2) is 4.98 Å². The third-order valence-electron chi connectivity index (χ3n) is 5.56. The van der Waals surface area contributed by atoms with Crippen molar-refractivity contribution in [1.82, 2.24) is 19.5 Å². The molecule has 4 rings (SSSR count). The van der Waals surface area contributed by atoms with E-state index in [4.69, 9.17) is 9.72 Å². The molecule has 0 N–H and O–H groups in total. The Morgan fingerprint density at radius 2 is 2.00 bits per heavy atom. The Morgan fingerprint density at radius 3 is 2.71 bits per heavy atom. The second-order valence-corrected chi connectivity index (χ2v) is 9.09. The lowest BCUT2D eigenvalue weighted by atomic mass is 9.90. The molecule has 0 bridgehead atoms. The molecule has 2 atom stereocenters. The molecule has 0 spiro atoms. The minimum absolute atomic E-state index is 0.172. The molecule has 0 amide bonds. The zero-order valence-corrected chi connectivity index (χ0v) is 17.4. The van der Waals surface area contributed by atoms with Gasteiger partial charge in [-0.05, 0) is 49.3 Å². The lowest BCUT2D eigenvalue weighted by Gasteiger charge is -2.31. The van der Waals surface area contributed by atoms with Crippen LogP contribution in [0.1, 0.15) is 58.3 Å². The highest BCUT2D eigenvalue weighted by atomic mass is 16.5. The molecule has 1 aliphatic carbocycles. The molecule has 28 heavy (non-hydrogen) atoms. The summed E-state index contributed by atoms with van der Waals surface area (Å²) >= 11 is 0. The molecule has 5 nitrogen and oxygen atoms in total. The van der Waals surface area contributed by atoms with E-state index < -0.39 is 0 Å². The Kier molecular flexibility index (Phi) is 5.19. The third-order valence-corrected chi connectivity index (χ3v) is 5.56. The van der Waals surface area contributed by atoms with Gasteiger partial charge in [0.2, 0.25) is 0 Å². The lowest BCUT2D eigenvalue weighted by Crippen LogP contribution is -2.26. The van der Waals surface area contributed by atoms with Crippen LogP contribution in [-0.4, -0.2) is 32.7 Å². The molecule has 1 saturated carbocycles. The first kappa shape index (κ1) is 19.1. The zero-order valence-electron chi connectivity index (χ0n) is 17.4. The van der Waals surface area contributed by atoms with Crippen LogP contribution in [0.15, 0.2) is 36.7 Å². The minimum Gasteiger partial charge on any atom is -0.381 e. The van der Waals surface area contributed by atoms with Crippen molar-refractivity contribution in [3.8, 4) is 11.4 Å². The molecule has 0 saturated heterocycles. The number of methoxy groups -OCH3 is 1. The van der Waals surface area contributed by atoms with Gasteiger partial charge in [0.05, 0.1) is 29.2 Å². The van der Waals surface area contributed by atoms with E-state index in [1.807, 2.05) is 37.7 Å². The zero-order chi connectivity index (χ0) is 19.7. The van der Waals surface area contributed by atoms with Crippen LogP contribution < -0.4 is 0 Å². The van der Waals surface area contributed by atoms with Crippen LogP contribution in [0.4, 0.5) is 0 Å². The summed E-state index contributed by atoms with van der Waals surface area (Å²) in [4.78, 5) is 14.1. The predicted octanol–water partition coefficient (Wildman–Crippen LogP) is 5.21. The highest BCUT2D eigenvalue weighted by Gasteiger charge is 2.28. The van der Waals surface area contributed by atoms with E-state index in [9.17, 15) is 0 Å². The summed E-state index contributed by atoms with van der Waals surface area (Å²) in [5.74, 6) is 1.16. The lowest BCUT2D eigenvalue weighted by molar-refractivity contribution is 0.0531. The summed E-state index contributed by atoms with van der Waals surface area (Å²) in [5.41, 5.74) is 4.10. The van der Waals surface area contributed by atoms with Crippen molar-refractivity contribution in [2.45, 2.75) is 65.0 Å². The Morgan fingerprint density at radius 1 is 1.14 bits per heavy atom. The van der Waals surface area contributed by atoms with Crippen molar-refractivity contribution in [2.24, 2.45) is 5.41 Å². The van der Waals surface area contributed by atoms with Gasteiger partial charge in [0.25, 0.3) is 0 Å². The van der Waals surface area contributed by atoms with Gasteiger partial charge < -0.3 is 9.30 Å². The largest absolute Gasteiger partial charge is 0.381 e. The van der Waals surface area contributed by atoms with Gasteiger partial charge in [0.15, 0.2) is 0 Å². The van der Waals surface area contributed by atoms with E-state index in [-0.39, 0.29) is 5.41 Å². The number of aromatic nitrogens is 4. The molecule has 5 heteroatoms. The molecule has 0 aromatic carbocycles. The quantitative estimate of drug-likeness (QED) is 0.625. The van der Waals surface area contributed by atoms with Crippen LogP contribution in [0.5, 0.6) is 0 Å². The Bertz CT molecular complexity index is 942. The standard InChI is InChI=1S/C23H30N4O/c1-23(2,3)14-22-26-20-15-25-19(18-10-5-6-11-24-18)13-21(20)27(22)16-8-7-9-17(12-16)28-4/h5-6,10-11,13,15-17H,7-9,12,14H2,1-4H3/t16-,17-/m1/s1. The summed E-state index contributed by atoms with van der Waals surface area (Å²) in [6, 6.07) is 8.52. The van der Waals surface area contributed by atoms with Gasteiger partial charge in [-0.15, -0.1) is 0 Å². The number of nitrogens with zero attached hydrogens (tertiary/aromatic N) is 4. The number of ether oxygens (including phenoxy) is 1. The molecule has 0 unspecified atom stereocenters. The number of imidazole rings is 1. The predicted molar refractivity (Wildman–Crippen MR) is 112 cm³/mol. The number of hydrogen-bond acceptors (Lipinski definition) is 4. The van der Waals surface area contributed by atoms with Gasteiger partial charge in [0, 0.05) is 25.8 Å². The summed E-state index contributed by atoms with van der Waals surface area (Å²) in [5, 5.41) is 0. The van der Waals surface area contributed by atoms with Crippen molar-refractivity contribution in [1.29, 1.82) is 0 Å². The third kappa shape index (κ3) is 3.95. The van der Waals surface area contributed by atoms with Crippen molar-refractivity contribution in [2.75, 3.05) is 7.11 Å². The van der Waals surface area contributed by atoms with Crippen molar-refractivity contribution >= 4 is 11.0 Å². The average Bonchev–Trinajstić information content (AvgIpc) is 3.03. The van der Waals surface area contributed by atoms with E-state index in [2.05, 4.69) is 41.4 Å². The smallest absolute Gasteiger partial charge is 0.110 e. The van der Waals surface area contributed by atoms with Crippen molar-refractivity contribution in [3.63, 3.8) is 0 Å². The Labute approximate surface area is 167 Å². The topological polar surface area (TPSA) is 52.8 Å². The number of pyridine rings is 2. The first-order valence-corrected chi connectivity index (χ1v) is 10.3. The fourth-order valence-electron chi connectivity index (χ4n) is 4.28. The SMILES string of the molecule is CO[C@@H]1CCC[C@@H](n2c(CC(C)(C)C)nc3cnc(-c4ccccn4)cc32)C1. The van der Waals surface area contributed by atoms with E-state index in [1.165, 1.54) is 12.8 Å². The summed E-state index contributed by atoms with van der Waals surface area (Å²) < 4.78 is 8.18. The minimum atomic E-state index is 0.172. The highest BCUT2D eigenvalue weighted by molar-refractivity contribution is 5.79. The maximum absolute atomic E-state index is 5.71. The number of rotatable bonds is 4. The molecule has 3 heterocycles. The van der Waals surface area contributed by atoms with Crippen LogP contribution in [0.25, 0.3) is 22.4 Å². The second kappa shape index (κ2) is 7.63. The molecular weight excluding hydrogens is 348 g/mol. The van der Waals surface area contributed by atoms with Gasteiger partial charge in [0.1, 0.15) is 11.3 Å². The van der Waals surface area contributed by atoms with Crippen LogP contribution in [0, 0.1) is 5.41 Å². The van der Waals surface area contributed by atoms with Gasteiger partial charge in [-0.2, -0.15) is 0 Å². The van der Waals surface area contributed by atoms with Crippen LogP contribution >= 0.6 is 0 Å². The summed E-state index contributed by atoms with van der Waals surface area (Å²) in [7, 11) is 1.83. The van der Waals surface area contributed by atoms with E-state index in [0.717, 1.165) is 47.5 Å². The fourth-order valence-corrected chi connectivity index (χ4v) is 4.28. The normalized spacial score (nSPS) is 20.6. The monoisotopic (exact) mass is 378 g/mol. The maximum Gasteiger partial charge on any atom is 0.110 e. The Balaban J connectivity index is 1.83. The molecule has 0 aliphatic heterocycles. The van der Waals surface area contributed by atoms with Gasteiger partial charge in [-0.3, -0.25) is 9.97 Å². The summed E-state index contributed by atoms with van der Waals surface area (Å²) in [6.45, 7) is 6.81. The molecule has 3 aromatic heterocycles. The summed E-state index contributed by atoms with van der Waals surface area (Å²) in [6.07, 6.45) is 9.53. The highest BCUT2D eigenvalue weighted by Crippen LogP contribution is 2.36. The van der Waals surface area contributed by atoms with Gasteiger partial charge >= 0.3 is 0 Å². The van der Waals surface area contributed by atoms with E-state index >= 15 is 0 Å². The molecule has 3 aromatic rings. The first-order valence-electron chi connectivity index (χ1n) is 10.3. The number of fused-ring (bicyclic) bond motifs is 1. The Hall–Kier alpha value is -2.27. The van der Waals surface area contributed by atoms with Gasteiger partial charge in [-0.1, -0.05) is 26.8 Å².